The van der Waals surface area contributed by atoms with Crippen LogP contribution >= 0.6 is 0 Å². The average molecular weight is 217 g/mol. The van der Waals surface area contributed by atoms with Gasteiger partial charge in [0, 0.05) is 5.56 Å². The zero-order chi connectivity index (χ0) is 11.0. The lowest BCUT2D eigenvalue weighted by Crippen LogP contribution is -2.29. The molecular weight excluding hydrogens is 206 g/mol. The Morgan fingerprint density at radius 1 is 1.38 bits per heavy atom. The molecule has 82 valence electrons. The van der Waals surface area contributed by atoms with Crippen molar-refractivity contribution in [2.75, 3.05) is 6.61 Å². The number of hydrogen-bond acceptors (Lipinski definition) is 4. The van der Waals surface area contributed by atoms with Crippen LogP contribution in [0.5, 0.6) is 5.75 Å². The van der Waals surface area contributed by atoms with Crippen molar-refractivity contribution in [2.24, 2.45) is 0 Å². The van der Waals surface area contributed by atoms with Gasteiger partial charge in [-0.1, -0.05) is 18.2 Å². The molecule has 2 heterocycles. The van der Waals surface area contributed by atoms with Gasteiger partial charge in [-0.05, 0) is 6.07 Å². The summed E-state index contributed by atoms with van der Waals surface area (Å²) in [4.78, 5) is 3.87. The molecule has 0 amide bonds. The molecule has 3 rings (SSSR count). The van der Waals surface area contributed by atoms with Gasteiger partial charge in [-0.25, -0.2) is 9.67 Å². The number of benzene rings is 1. The monoisotopic (exact) mass is 217 g/mol. The predicted molar refractivity (Wildman–Crippen MR) is 56.0 cm³/mol. The van der Waals surface area contributed by atoms with Crippen LogP contribution in [0.1, 0.15) is 17.7 Å². The maximum absolute atomic E-state index is 10.2. The van der Waals surface area contributed by atoms with Gasteiger partial charge in [-0.3, -0.25) is 0 Å². The Kier molecular flexibility index (Phi) is 2.11. The summed E-state index contributed by atoms with van der Waals surface area (Å²) in [6, 6.07) is 7.28. The van der Waals surface area contributed by atoms with Crippen LogP contribution in [0, 0.1) is 0 Å². The maximum atomic E-state index is 10.2. The lowest BCUT2D eigenvalue weighted by atomic mass is 9.99. The highest BCUT2D eigenvalue weighted by atomic mass is 16.5. The van der Waals surface area contributed by atoms with Crippen molar-refractivity contribution in [2.45, 2.75) is 12.1 Å². The molecule has 5 nitrogen and oxygen atoms in total. The van der Waals surface area contributed by atoms with Crippen LogP contribution in [0.25, 0.3) is 0 Å². The van der Waals surface area contributed by atoms with E-state index in [-0.39, 0.29) is 6.04 Å². The van der Waals surface area contributed by atoms with Crippen molar-refractivity contribution in [1.82, 2.24) is 14.8 Å². The van der Waals surface area contributed by atoms with Crippen LogP contribution in [-0.2, 0) is 0 Å². The summed E-state index contributed by atoms with van der Waals surface area (Å²) in [6.07, 6.45) is 2.44. The minimum absolute atomic E-state index is 0.211. The molecule has 5 heteroatoms. The van der Waals surface area contributed by atoms with E-state index in [0.717, 1.165) is 11.3 Å². The van der Waals surface area contributed by atoms with Gasteiger partial charge in [-0.2, -0.15) is 5.10 Å². The molecule has 0 spiro atoms. The van der Waals surface area contributed by atoms with Gasteiger partial charge in [0.15, 0.2) is 0 Å². The van der Waals surface area contributed by atoms with Gasteiger partial charge in [0.1, 0.15) is 37.2 Å². The zero-order valence-corrected chi connectivity index (χ0v) is 8.52. The fraction of sp³-hybridized carbons (Fsp3) is 0.273. The van der Waals surface area contributed by atoms with E-state index in [1.54, 1.807) is 11.0 Å². The topological polar surface area (TPSA) is 60.2 Å². The molecule has 0 saturated heterocycles. The molecule has 1 aliphatic heterocycles. The second-order valence-corrected chi connectivity index (χ2v) is 3.74. The largest absolute Gasteiger partial charge is 0.491 e. The Morgan fingerprint density at radius 3 is 3.06 bits per heavy atom. The molecule has 1 N–H and O–H groups in total. The third-order valence-electron chi connectivity index (χ3n) is 2.79. The van der Waals surface area contributed by atoms with Crippen LogP contribution in [0.2, 0.25) is 0 Å². The second-order valence-electron chi connectivity index (χ2n) is 3.74. The highest BCUT2D eigenvalue weighted by molar-refractivity contribution is 5.37. The lowest BCUT2D eigenvalue weighted by Gasteiger charge is -2.29. The molecule has 0 aliphatic carbocycles. The number of aliphatic hydroxyl groups is 1. The van der Waals surface area contributed by atoms with Crippen LogP contribution in [-0.4, -0.2) is 26.5 Å². The normalized spacial score (nSPS) is 23.6. The average Bonchev–Trinajstić information content (AvgIpc) is 2.83. The first-order valence-electron chi connectivity index (χ1n) is 5.10. The summed E-state index contributed by atoms with van der Waals surface area (Å²) in [7, 11) is 0. The molecule has 1 aromatic heterocycles. The number of aliphatic hydroxyl groups excluding tert-OH is 1. The Hall–Kier alpha value is -1.88. The molecule has 0 fully saturated rings. The van der Waals surface area contributed by atoms with E-state index in [9.17, 15) is 5.11 Å². The molecule has 1 aromatic carbocycles. The first-order valence-corrected chi connectivity index (χ1v) is 5.10. The minimum atomic E-state index is -0.605. The third kappa shape index (κ3) is 1.37. The Morgan fingerprint density at radius 2 is 2.25 bits per heavy atom. The fourth-order valence-electron chi connectivity index (χ4n) is 1.94. The highest BCUT2D eigenvalue weighted by Crippen LogP contribution is 2.36. The molecular formula is C11H11N3O2. The SMILES string of the molecule is OC1c2ccccc2OCC1n1cncn1. The highest BCUT2D eigenvalue weighted by Gasteiger charge is 2.30. The molecule has 2 unspecified atom stereocenters. The second kappa shape index (κ2) is 3.61. The first kappa shape index (κ1) is 9.35. The lowest BCUT2D eigenvalue weighted by molar-refractivity contribution is 0.0507. The van der Waals surface area contributed by atoms with Gasteiger partial charge < -0.3 is 9.84 Å². The van der Waals surface area contributed by atoms with Crippen molar-refractivity contribution in [3.63, 3.8) is 0 Å². The van der Waals surface area contributed by atoms with Gasteiger partial charge in [0.05, 0.1) is 0 Å². The number of aromatic nitrogens is 3. The van der Waals surface area contributed by atoms with Crippen LogP contribution in [0.4, 0.5) is 0 Å². The zero-order valence-electron chi connectivity index (χ0n) is 8.52. The number of rotatable bonds is 1. The molecule has 0 radical (unpaired) electrons. The summed E-state index contributed by atoms with van der Waals surface area (Å²) < 4.78 is 7.21. The number of fused-ring (bicyclic) bond motifs is 1. The molecule has 2 atom stereocenters. The van der Waals surface area contributed by atoms with E-state index in [2.05, 4.69) is 10.1 Å². The van der Waals surface area contributed by atoms with Crippen molar-refractivity contribution in [3.8, 4) is 5.75 Å². The fourth-order valence-corrected chi connectivity index (χ4v) is 1.94. The molecule has 0 saturated carbocycles. The molecule has 1 aliphatic rings. The van der Waals surface area contributed by atoms with E-state index in [0.29, 0.717) is 6.61 Å². The van der Waals surface area contributed by atoms with E-state index in [4.69, 9.17) is 4.74 Å². The molecule has 16 heavy (non-hydrogen) atoms. The van der Waals surface area contributed by atoms with E-state index in [1.165, 1.54) is 6.33 Å². The number of para-hydroxylation sites is 1. The van der Waals surface area contributed by atoms with Crippen molar-refractivity contribution >= 4 is 0 Å². The van der Waals surface area contributed by atoms with E-state index in [1.807, 2.05) is 24.3 Å². The van der Waals surface area contributed by atoms with Crippen LogP contribution in [0.15, 0.2) is 36.9 Å². The maximum Gasteiger partial charge on any atom is 0.137 e. The van der Waals surface area contributed by atoms with Gasteiger partial charge in [0.2, 0.25) is 0 Å². The predicted octanol–water partition coefficient (Wildman–Crippen LogP) is 0.945. The van der Waals surface area contributed by atoms with Gasteiger partial charge in [0.25, 0.3) is 0 Å². The smallest absolute Gasteiger partial charge is 0.137 e. The van der Waals surface area contributed by atoms with Crippen molar-refractivity contribution in [3.05, 3.63) is 42.5 Å². The summed E-state index contributed by atoms with van der Waals surface area (Å²) in [5.41, 5.74) is 0.800. The number of hydrogen-bond donors (Lipinski definition) is 1. The first-order chi connectivity index (χ1) is 7.86. The van der Waals surface area contributed by atoms with Crippen molar-refractivity contribution in [1.29, 1.82) is 0 Å². The molecule has 2 aromatic rings. The van der Waals surface area contributed by atoms with E-state index >= 15 is 0 Å². The van der Waals surface area contributed by atoms with E-state index < -0.39 is 6.10 Å². The third-order valence-corrected chi connectivity index (χ3v) is 2.79. The van der Waals surface area contributed by atoms with Gasteiger partial charge >= 0.3 is 0 Å². The quantitative estimate of drug-likeness (QED) is 0.772. The number of nitrogens with zero attached hydrogens (tertiary/aromatic N) is 3. The summed E-state index contributed by atoms with van der Waals surface area (Å²) in [5.74, 6) is 0.742. The van der Waals surface area contributed by atoms with Crippen molar-refractivity contribution < 1.29 is 9.84 Å². The summed E-state index contributed by atoms with van der Waals surface area (Å²) >= 11 is 0. The standard InChI is InChI=1S/C11H11N3O2/c15-11-8-3-1-2-4-10(8)16-5-9(11)14-7-12-6-13-14/h1-4,6-7,9,11,15H,5H2. The molecule has 0 bridgehead atoms. The minimum Gasteiger partial charge on any atom is -0.491 e. The number of ether oxygens (including phenoxy) is 1. The van der Waals surface area contributed by atoms with Gasteiger partial charge in [-0.15, -0.1) is 0 Å². The Balaban J connectivity index is 1.98. The summed E-state index contributed by atoms with van der Waals surface area (Å²) in [6.45, 7) is 0.404. The summed E-state index contributed by atoms with van der Waals surface area (Å²) in [5, 5.41) is 14.3. The Labute approximate surface area is 92.3 Å². The van der Waals surface area contributed by atoms with Crippen LogP contribution < -0.4 is 4.74 Å². The van der Waals surface area contributed by atoms with Crippen LogP contribution in [0.3, 0.4) is 0 Å². The Bertz CT molecular complexity index is 484.